The van der Waals surface area contributed by atoms with Crippen molar-refractivity contribution in [2.24, 2.45) is 4.99 Å². The molecule has 0 unspecified atom stereocenters. The van der Waals surface area contributed by atoms with Gasteiger partial charge in [0.15, 0.2) is 5.96 Å². The maximum atomic E-state index is 5.58. The van der Waals surface area contributed by atoms with Crippen molar-refractivity contribution in [3.8, 4) is 5.75 Å². The Bertz CT molecular complexity index is 604. The van der Waals surface area contributed by atoms with Crippen molar-refractivity contribution in [2.45, 2.75) is 50.5 Å². The summed E-state index contributed by atoms with van der Waals surface area (Å²) in [6.45, 7) is 6.76. The van der Waals surface area contributed by atoms with Crippen molar-refractivity contribution in [2.75, 3.05) is 40.3 Å². The second-order valence-corrected chi connectivity index (χ2v) is 7.67. The van der Waals surface area contributed by atoms with Crippen LogP contribution in [0.1, 0.15) is 44.6 Å². The first kappa shape index (κ1) is 19.0. The number of methoxy groups -OCH3 is 1. The number of piperidine rings is 1. The molecule has 0 spiro atoms. The second-order valence-electron chi connectivity index (χ2n) is 7.67. The molecule has 2 aliphatic rings. The van der Waals surface area contributed by atoms with E-state index in [9.17, 15) is 0 Å². The first-order valence-electron chi connectivity index (χ1n) is 10.0. The Morgan fingerprint density at radius 1 is 1.27 bits per heavy atom. The third-order valence-electron chi connectivity index (χ3n) is 5.82. The number of guanidine groups is 1. The standard InChI is InChI=1S/C21H34N4O/c1-4-13-25-14-9-17(10-15-25)24-20(22-2)23-16-21(11-12-21)18-7-5-6-8-19(18)26-3/h5-8,17H,4,9-16H2,1-3H3,(H2,22,23,24). The van der Waals surface area contributed by atoms with E-state index in [2.05, 4.69) is 45.6 Å². The number of hydrogen-bond acceptors (Lipinski definition) is 3. The van der Waals surface area contributed by atoms with E-state index in [0.717, 1.165) is 18.3 Å². The molecule has 1 saturated heterocycles. The van der Waals surface area contributed by atoms with Gasteiger partial charge in [-0.05, 0) is 44.7 Å². The third kappa shape index (κ3) is 4.50. The maximum Gasteiger partial charge on any atom is 0.191 e. The number of rotatable bonds is 7. The van der Waals surface area contributed by atoms with Crippen LogP contribution in [-0.4, -0.2) is 57.2 Å². The summed E-state index contributed by atoms with van der Waals surface area (Å²) in [7, 11) is 3.62. The van der Waals surface area contributed by atoms with E-state index in [1.165, 1.54) is 57.3 Å². The van der Waals surface area contributed by atoms with Gasteiger partial charge in [-0.25, -0.2) is 0 Å². The van der Waals surface area contributed by atoms with Crippen LogP contribution in [-0.2, 0) is 5.41 Å². The number of nitrogens with one attached hydrogen (secondary N) is 2. The highest BCUT2D eigenvalue weighted by Crippen LogP contribution is 2.50. The van der Waals surface area contributed by atoms with E-state index in [1.54, 1.807) is 7.11 Å². The van der Waals surface area contributed by atoms with Gasteiger partial charge >= 0.3 is 0 Å². The van der Waals surface area contributed by atoms with Gasteiger partial charge in [-0.1, -0.05) is 25.1 Å². The topological polar surface area (TPSA) is 48.9 Å². The molecular formula is C21H34N4O. The molecule has 1 saturated carbocycles. The van der Waals surface area contributed by atoms with Crippen molar-refractivity contribution in [3.05, 3.63) is 29.8 Å². The number of para-hydroxylation sites is 1. The van der Waals surface area contributed by atoms with Crippen LogP contribution in [0.4, 0.5) is 0 Å². The lowest BCUT2D eigenvalue weighted by Gasteiger charge is -2.33. The number of nitrogens with zero attached hydrogens (tertiary/aromatic N) is 2. The Morgan fingerprint density at radius 3 is 2.62 bits per heavy atom. The van der Waals surface area contributed by atoms with Gasteiger partial charge in [-0.3, -0.25) is 4.99 Å². The van der Waals surface area contributed by atoms with Crippen molar-refractivity contribution >= 4 is 5.96 Å². The summed E-state index contributed by atoms with van der Waals surface area (Å²) in [5.41, 5.74) is 1.51. The van der Waals surface area contributed by atoms with Gasteiger partial charge in [0, 0.05) is 43.7 Å². The fourth-order valence-electron chi connectivity index (χ4n) is 4.03. The summed E-state index contributed by atoms with van der Waals surface area (Å²) in [6, 6.07) is 8.93. The molecule has 2 fully saturated rings. The Morgan fingerprint density at radius 2 is 2.00 bits per heavy atom. The van der Waals surface area contributed by atoms with Crippen LogP contribution in [0.25, 0.3) is 0 Å². The zero-order chi connectivity index (χ0) is 18.4. The number of aliphatic imine (C=N–C) groups is 1. The van der Waals surface area contributed by atoms with Gasteiger partial charge < -0.3 is 20.3 Å². The van der Waals surface area contributed by atoms with Crippen molar-refractivity contribution in [3.63, 3.8) is 0 Å². The molecule has 1 heterocycles. The molecular weight excluding hydrogens is 324 g/mol. The predicted octanol–water partition coefficient (Wildman–Crippen LogP) is 2.77. The molecule has 1 aliphatic heterocycles. The predicted molar refractivity (Wildman–Crippen MR) is 108 cm³/mol. The van der Waals surface area contributed by atoms with Crippen LogP contribution in [0, 0.1) is 0 Å². The Balaban J connectivity index is 1.52. The lowest BCUT2D eigenvalue weighted by Crippen LogP contribution is -2.49. The van der Waals surface area contributed by atoms with Crippen LogP contribution >= 0.6 is 0 Å². The van der Waals surface area contributed by atoms with E-state index >= 15 is 0 Å². The normalized spacial score (nSPS) is 20.7. The number of hydrogen-bond donors (Lipinski definition) is 2. The number of benzene rings is 1. The molecule has 144 valence electrons. The van der Waals surface area contributed by atoms with Crippen molar-refractivity contribution in [1.82, 2.24) is 15.5 Å². The van der Waals surface area contributed by atoms with E-state index in [0.29, 0.717) is 6.04 Å². The molecule has 5 nitrogen and oxygen atoms in total. The van der Waals surface area contributed by atoms with E-state index in [1.807, 2.05) is 13.1 Å². The van der Waals surface area contributed by atoms with Crippen LogP contribution in [0.2, 0.25) is 0 Å². The largest absolute Gasteiger partial charge is 0.496 e. The van der Waals surface area contributed by atoms with Crippen LogP contribution < -0.4 is 15.4 Å². The lowest BCUT2D eigenvalue weighted by molar-refractivity contribution is 0.206. The fraction of sp³-hybridized carbons (Fsp3) is 0.667. The van der Waals surface area contributed by atoms with E-state index in [-0.39, 0.29) is 5.41 Å². The number of ether oxygens (including phenoxy) is 1. The minimum Gasteiger partial charge on any atom is -0.496 e. The minimum atomic E-state index is 0.189. The highest BCUT2D eigenvalue weighted by molar-refractivity contribution is 5.80. The monoisotopic (exact) mass is 358 g/mol. The molecule has 1 aliphatic carbocycles. The SMILES string of the molecule is CCCN1CCC(NC(=NC)NCC2(c3ccccc3OC)CC2)CC1. The molecule has 0 atom stereocenters. The minimum absolute atomic E-state index is 0.189. The van der Waals surface area contributed by atoms with Gasteiger partial charge in [-0.15, -0.1) is 0 Å². The highest BCUT2D eigenvalue weighted by Gasteiger charge is 2.46. The fourth-order valence-corrected chi connectivity index (χ4v) is 4.03. The first-order chi connectivity index (χ1) is 12.7. The molecule has 0 bridgehead atoms. The molecule has 3 rings (SSSR count). The van der Waals surface area contributed by atoms with E-state index in [4.69, 9.17) is 4.74 Å². The molecule has 1 aromatic carbocycles. The number of likely N-dealkylation sites (tertiary alicyclic amines) is 1. The lowest BCUT2D eigenvalue weighted by atomic mass is 9.95. The summed E-state index contributed by atoms with van der Waals surface area (Å²) < 4.78 is 5.58. The van der Waals surface area contributed by atoms with Crippen molar-refractivity contribution < 1.29 is 4.74 Å². The Hall–Kier alpha value is -1.75. The molecule has 5 heteroatoms. The van der Waals surface area contributed by atoms with E-state index < -0.39 is 0 Å². The van der Waals surface area contributed by atoms with Crippen LogP contribution in [0.15, 0.2) is 29.3 Å². The zero-order valence-electron chi connectivity index (χ0n) is 16.6. The molecule has 26 heavy (non-hydrogen) atoms. The van der Waals surface area contributed by atoms with Crippen molar-refractivity contribution in [1.29, 1.82) is 0 Å². The maximum absolute atomic E-state index is 5.58. The Kier molecular flexibility index (Phi) is 6.41. The average molecular weight is 359 g/mol. The van der Waals surface area contributed by atoms with Gasteiger partial charge in [0.2, 0.25) is 0 Å². The van der Waals surface area contributed by atoms with Crippen LogP contribution in [0.3, 0.4) is 0 Å². The quantitative estimate of drug-likeness (QED) is 0.581. The second kappa shape index (κ2) is 8.76. The summed E-state index contributed by atoms with van der Waals surface area (Å²) in [6.07, 6.45) is 6.03. The smallest absolute Gasteiger partial charge is 0.191 e. The summed E-state index contributed by atoms with van der Waals surface area (Å²) >= 11 is 0. The summed E-state index contributed by atoms with van der Waals surface area (Å²) in [5.74, 6) is 1.93. The van der Waals surface area contributed by atoms with Crippen LogP contribution in [0.5, 0.6) is 5.75 Å². The molecule has 2 N–H and O–H groups in total. The van der Waals surface area contributed by atoms with Gasteiger partial charge in [0.1, 0.15) is 5.75 Å². The molecule has 0 radical (unpaired) electrons. The highest BCUT2D eigenvalue weighted by atomic mass is 16.5. The average Bonchev–Trinajstić information content (AvgIpc) is 3.47. The van der Waals surface area contributed by atoms with Gasteiger partial charge in [0.25, 0.3) is 0 Å². The van der Waals surface area contributed by atoms with Gasteiger partial charge in [0.05, 0.1) is 7.11 Å². The molecule has 0 amide bonds. The third-order valence-corrected chi connectivity index (χ3v) is 5.82. The summed E-state index contributed by atoms with van der Waals surface area (Å²) in [4.78, 5) is 7.02. The summed E-state index contributed by atoms with van der Waals surface area (Å²) in [5, 5.41) is 7.21. The van der Waals surface area contributed by atoms with Gasteiger partial charge in [-0.2, -0.15) is 0 Å². The first-order valence-corrected chi connectivity index (χ1v) is 10.0. The molecule has 0 aromatic heterocycles. The zero-order valence-corrected chi connectivity index (χ0v) is 16.6. The Labute approximate surface area is 158 Å². The molecule has 1 aromatic rings.